The van der Waals surface area contributed by atoms with Gasteiger partial charge in [0, 0.05) is 6.20 Å². The fourth-order valence-corrected chi connectivity index (χ4v) is 1.78. The van der Waals surface area contributed by atoms with Gasteiger partial charge in [-0.1, -0.05) is 6.07 Å². The summed E-state index contributed by atoms with van der Waals surface area (Å²) < 4.78 is 10.4. The lowest BCUT2D eigenvalue weighted by Gasteiger charge is -2.08. The summed E-state index contributed by atoms with van der Waals surface area (Å²) >= 11 is 0. The number of aromatic nitrogens is 1. The van der Waals surface area contributed by atoms with Crippen molar-refractivity contribution in [2.45, 2.75) is 0 Å². The van der Waals surface area contributed by atoms with Gasteiger partial charge in [-0.05, 0) is 18.2 Å². The smallest absolute Gasteiger partial charge is 0.343 e. The molecular weight excluding hydrogens is 250 g/mol. The van der Waals surface area contributed by atoms with Crippen molar-refractivity contribution in [2.75, 3.05) is 14.2 Å². The Morgan fingerprint density at radius 1 is 1.05 bits per heavy atom. The summed E-state index contributed by atoms with van der Waals surface area (Å²) in [7, 11) is 2.39. The molecule has 0 saturated heterocycles. The van der Waals surface area contributed by atoms with E-state index < -0.39 is 17.5 Å². The summed E-state index contributed by atoms with van der Waals surface area (Å²) in [6.07, 6.45) is 1.47. The molecule has 0 N–H and O–H groups in total. The molecule has 0 amide bonds. The molecule has 6 nitrogen and oxygen atoms in total. The zero-order valence-electron chi connectivity index (χ0n) is 10.4. The van der Waals surface area contributed by atoms with E-state index in [1.165, 1.54) is 30.9 Å². The van der Waals surface area contributed by atoms with E-state index in [-0.39, 0.29) is 11.1 Å². The van der Waals surface area contributed by atoms with Gasteiger partial charge in [0.15, 0.2) is 0 Å². The Bertz CT molecular complexity index is 717. The van der Waals surface area contributed by atoms with E-state index in [9.17, 15) is 14.4 Å². The SMILES string of the molecule is COC(=O)c1cc(C(=O)OC)c2ccccn2c1=O. The van der Waals surface area contributed by atoms with Crippen molar-refractivity contribution in [3.8, 4) is 0 Å². The van der Waals surface area contributed by atoms with Crippen LogP contribution in [0.1, 0.15) is 20.7 Å². The zero-order chi connectivity index (χ0) is 14.0. The van der Waals surface area contributed by atoms with Crippen molar-refractivity contribution in [1.29, 1.82) is 0 Å². The summed E-state index contributed by atoms with van der Waals surface area (Å²) in [6.45, 7) is 0. The van der Waals surface area contributed by atoms with E-state index >= 15 is 0 Å². The Morgan fingerprint density at radius 3 is 2.32 bits per heavy atom. The second-order valence-corrected chi connectivity index (χ2v) is 3.72. The topological polar surface area (TPSA) is 74.1 Å². The number of hydrogen-bond acceptors (Lipinski definition) is 5. The molecule has 0 spiro atoms. The Balaban J connectivity index is 2.88. The first-order chi connectivity index (χ1) is 9.10. The van der Waals surface area contributed by atoms with Gasteiger partial charge >= 0.3 is 11.9 Å². The Labute approximate surface area is 108 Å². The molecule has 2 aromatic heterocycles. The molecule has 0 aliphatic heterocycles. The third-order valence-electron chi connectivity index (χ3n) is 2.68. The van der Waals surface area contributed by atoms with Gasteiger partial charge in [-0.3, -0.25) is 9.20 Å². The summed E-state index contributed by atoms with van der Waals surface area (Å²) in [5.41, 5.74) is -0.267. The number of rotatable bonds is 2. The van der Waals surface area contributed by atoms with Crippen molar-refractivity contribution in [1.82, 2.24) is 4.40 Å². The lowest BCUT2D eigenvalue weighted by Crippen LogP contribution is -2.25. The molecule has 2 heterocycles. The maximum absolute atomic E-state index is 12.1. The number of methoxy groups -OCH3 is 2. The number of pyridine rings is 2. The highest BCUT2D eigenvalue weighted by Gasteiger charge is 2.19. The summed E-state index contributed by atoms with van der Waals surface area (Å²) in [5, 5.41) is 0. The molecule has 2 rings (SSSR count). The van der Waals surface area contributed by atoms with Crippen molar-refractivity contribution in [2.24, 2.45) is 0 Å². The van der Waals surface area contributed by atoms with Gasteiger partial charge < -0.3 is 9.47 Å². The minimum Gasteiger partial charge on any atom is -0.465 e. The standard InChI is InChI=1S/C13H11NO5/c1-18-12(16)8-7-9(13(17)19-2)11(15)14-6-4-3-5-10(8)14/h3-7H,1-2H3. The molecule has 19 heavy (non-hydrogen) atoms. The molecule has 2 aromatic rings. The van der Waals surface area contributed by atoms with Crippen LogP contribution in [0, 0.1) is 0 Å². The number of carbonyl (C=O) groups is 2. The lowest BCUT2D eigenvalue weighted by atomic mass is 10.1. The predicted molar refractivity (Wildman–Crippen MR) is 66.3 cm³/mol. The number of ether oxygens (including phenoxy) is 2. The van der Waals surface area contributed by atoms with Crippen LogP contribution in [0.25, 0.3) is 5.52 Å². The largest absolute Gasteiger partial charge is 0.465 e. The summed E-state index contributed by atoms with van der Waals surface area (Å²) in [4.78, 5) is 35.4. The first-order valence-electron chi connectivity index (χ1n) is 5.41. The molecule has 0 aliphatic carbocycles. The Kier molecular flexibility index (Phi) is 3.33. The molecule has 98 valence electrons. The molecule has 0 aliphatic rings. The highest BCUT2D eigenvalue weighted by molar-refractivity contribution is 6.00. The lowest BCUT2D eigenvalue weighted by molar-refractivity contribution is 0.0598. The first-order valence-corrected chi connectivity index (χ1v) is 5.41. The van der Waals surface area contributed by atoms with Crippen molar-refractivity contribution < 1.29 is 19.1 Å². The third-order valence-corrected chi connectivity index (χ3v) is 2.68. The summed E-state index contributed by atoms with van der Waals surface area (Å²) in [5.74, 6) is -1.43. The van der Waals surface area contributed by atoms with Crippen molar-refractivity contribution >= 4 is 17.5 Å². The fraction of sp³-hybridized carbons (Fsp3) is 0.154. The predicted octanol–water partition coefficient (Wildman–Crippen LogP) is 0.873. The van der Waals surface area contributed by atoms with E-state index in [1.807, 2.05) is 0 Å². The number of carbonyl (C=O) groups excluding carboxylic acids is 2. The second kappa shape index (κ2) is 4.93. The average Bonchev–Trinajstić information content (AvgIpc) is 2.46. The molecule has 0 atom stereocenters. The molecule has 0 bridgehead atoms. The number of esters is 2. The van der Waals surface area contributed by atoms with E-state index in [0.29, 0.717) is 5.52 Å². The van der Waals surface area contributed by atoms with Crippen LogP contribution in [0.3, 0.4) is 0 Å². The molecule has 0 aromatic carbocycles. The minimum absolute atomic E-state index is 0.128. The third kappa shape index (κ3) is 2.08. The monoisotopic (exact) mass is 261 g/mol. The molecule has 0 saturated carbocycles. The van der Waals surface area contributed by atoms with E-state index in [2.05, 4.69) is 9.47 Å². The molecule has 0 fully saturated rings. The molecule has 6 heteroatoms. The van der Waals surface area contributed by atoms with Crippen LogP contribution in [0.15, 0.2) is 35.3 Å². The number of nitrogens with zero attached hydrogens (tertiary/aromatic N) is 1. The van der Waals surface area contributed by atoms with E-state index in [0.717, 1.165) is 0 Å². The normalized spacial score (nSPS) is 10.2. The van der Waals surface area contributed by atoms with Crippen molar-refractivity contribution in [3.05, 3.63) is 51.9 Å². The van der Waals surface area contributed by atoms with Gasteiger partial charge in [-0.2, -0.15) is 0 Å². The quantitative estimate of drug-likeness (QED) is 0.750. The zero-order valence-corrected chi connectivity index (χ0v) is 10.4. The second-order valence-electron chi connectivity index (χ2n) is 3.72. The molecule has 0 radical (unpaired) electrons. The van der Waals surface area contributed by atoms with Crippen LogP contribution in [0.2, 0.25) is 0 Å². The minimum atomic E-state index is -0.798. The first kappa shape index (κ1) is 12.8. The maximum atomic E-state index is 12.1. The number of fused-ring (bicyclic) bond motifs is 1. The van der Waals surface area contributed by atoms with Crippen LogP contribution in [0.5, 0.6) is 0 Å². The summed E-state index contributed by atoms with van der Waals surface area (Å²) in [6, 6.07) is 6.08. The highest BCUT2D eigenvalue weighted by atomic mass is 16.5. The fourth-order valence-electron chi connectivity index (χ4n) is 1.78. The van der Waals surface area contributed by atoms with Crippen LogP contribution >= 0.6 is 0 Å². The van der Waals surface area contributed by atoms with Gasteiger partial charge in [0.2, 0.25) is 0 Å². The maximum Gasteiger partial charge on any atom is 0.343 e. The molecule has 0 unspecified atom stereocenters. The van der Waals surface area contributed by atoms with Gasteiger partial charge in [-0.25, -0.2) is 9.59 Å². The van der Waals surface area contributed by atoms with Gasteiger partial charge in [0.25, 0.3) is 5.56 Å². The van der Waals surface area contributed by atoms with Gasteiger partial charge in [0.1, 0.15) is 5.56 Å². The van der Waals surface area contributed by atoms with E-state index in [4.69, 9.17) is 0 Å². The van der Waals surface area contributed by atoms with Crippen LogP contribution in [-0.2, 0) is 9.47 Å². The van der Waals surface area contributed by atoms with Crippen molar-refractivity contribution in [3.63, 3.8) is 0 Å². The number of hydrogen-bond donors (Lipinski definition) is 0. The van der Waals surface area contributed by atoms with Crippen LogP contribution in [-0.4, -0.2) is 30.6 Å². The van der Waals surface area contributed by atoms with Gasteiger partial charge in [-0.15, -0.1) is 0 Å². The Morgan fingerprint density at radius 2 is 1.68 bits per heavy atom. The van der Waals surface area contributed by atoms with Crippen LogP contribution < -0.4 is 5.56 Å². The highest BCUT2D eigenvalue weighted by Crippen LogP contribution is 2.12. The van der Waals surface area contributed by atoms with E-state index in [1.54, 1.807) is 18.2 Å². The molecular formula is C13H11NO5. The van der Waals surface area contributed by atoms with Gasteiger partial charge in [0.05, 0.1) is 25.3 Å². The Hall–Kier alpha value is -2.63. The average molecular weight is 261 g/mol. The van der Waals surface area contributed by atoms with Crippen LogP contribution in [0.4, 0.5) is 0 Å².